The first-order valence-corrected chi connectivity index (χ1v) is 5.14. The van der Waals surface area contributed by atoms with E-state index in [4.69, 9.17) is 10.8 Å². The van der Waals surface area contributed by atoms with Gasteiger partial charge in [-0.3, -0.25) is 4.79 Å². The fraction of sp³-hybridized carbons (Fsp3) is 0.333. The molecule has 4 N–H and O–H groups in total. The number of hydrogen-bond donors (Lipinski definition) is 3. The Morgan fingerprint density at radius 3 is 3.07 bits per heavy atom. The van der Waals surface area contributed by atoms with Gasteiger partial charge in [-0.1, -0.05) is 0 Å². The monoisotopic (exact) mass is 273 g/mol. The van der Waals surface area contributed by atoms with Gasteiger partial charge in [0.25, 0.3) is 0 Å². The first-order valence-electron chi connectivity index (χ1n) is 4.34. The number of hydrogen-bond acceptors (Lipinski definition) is 4. The summed E-state index contributed by atoms with van der Waals surface area (Å²) in [6, 6.07) is 1.85. The minimum atomic E-state index is -1.21. The fourth-order valence-electron chi connectivity index (χ4n) is 0.957. The number of pyridine rings is 1. The summed E-state index contributed by atoms with van der Waals surface area (Å²) in [5.41, 5.74) is 5.92. The third kappa shape index (κ3) is 3.17. The highest BCUT2D eigenvalue weighted by molar-refractivity contribution is 9.10. The topological polar surface area (TPSA) is 88.2 Å². The Hall–Kier alpha value is -1.14. The van der Waals surface area contributed by atoms with Gasteiger partial charge in [-0.25, -0.2) is 4.98 Å². The van der Waals surface area contributed by atoms with E-state index in [-0.39, 0.29) is 6.54 Å². The molecule has 1 heterocycles. The number of carbonyl (C=O) groups excluding carboxylic acids is 1. The number of nitrogens with one attached hydrogen (secondary N) is 1. The zero-order valence-electron chi connectivity index (χ0n) is 8.20. The molecular weight excluding hydrogens is 262 g/mol. The standard InChI is InChI=1S/C9H12BrN3O2/c1-5-2-3-12-9(7(5)10)13-4-6(14)8(11)15/h2-3,6,14H,4H2,1H3,(H2,11,15)(H,12,13). The van der Waals surface area contributed by atoms with Gasteiger partial charge in [0.1, 0.15) is 11.9 Å². The van der Waals surface area contributed by atoms with Gasteiger partial charge in [-0.2, -0.15) is 0 Å². The SMILES string of the molecule is Cc1ccnc(NCC(O)C(N)=O)c1Br. The highest BCUT2D eigenvalue weighted by Gasteiger charge is 2.11. The maximum absolute atomic E-state index is 10.6. The molecule has 1 aromatic heterocycles. The molecule has 15 heavy (non-hydrogen) atoms. The normalized spacial score (nSPS) is 12.2. The molecule has 0 fully saturated rings. The maximum Gasteiger partial charge on any atom is 0.248 e. The van der Waals surface area contributed by atoms with Crippen LogP contribution >= 0.6 is 15.9 Å². The van der Waals surface area contributed by atoms with Crippen LogP contribution in [-0.4, -0.2) is 28.6 Å². The van der Waals surface area contributed by atoms with Crippen LogP contribution in [0.15, 0.2) is 16.7 Å². The first kappa shape index (κ1) is 11.9. The van der Waals surface area contributed by atoms with Gasteiger partial charge in [0.05, 0.1) is 11.0 Å². The Morgan fingerprint density at radius 1 is 1.80 bits per heavy atom. The lowest BCUT2D eigenvalue weighted by Crippen LogP contribution is -2.34. The lowest BCUT2D eigenvalue weighted by molar-refractivity contribution is -0.125. The van der Waals surface area contributed by atoms with Gasteiger partial charge in [0.15, 0.2) is 0 Å². The van der Waals surface area contributed by atoms with Crippen molar-refractivity contribution in [1.82, 2.24) is 4.98 Å². The fourth-order valence-corrected chi connectivity index (χ4v) is 1.33. The van der Waals surface area contributed by atoms with E-state index < -0.39 is 12.0 Å². The molecular formula is C9H12BrN3O2. The van der Waals surface area contributed by atoms with Gasteiger partial charge in [0.2, 0.25) is 5.91 Å². The van der Waals surface area contributed by atoms with Gasteiger partial charge in [-0.15, -0.1) is 0 Å². The molecule has 5 nitrogen and oxygen atoms in total. The molecule has 0 aromatic carbocycles. The Morgan fingerprint density at radius 2 is 2.47 bits per heavy atom. The summed E-state index contributed by atoms with van der Waals surface area (Å²) >= 11 is 3.34. The van der Waals surface area contributed by atoms with Crippen LogP contribution in [0.1, 0.15) is 5.56 Å². The summed E-state index contributed by atoms with van der Waals surface area (Å²) in [7, 11) is 0. The van der Waals surface area contributed by atoms with E-state index in [0.717, 1.165) is 10.0 Å². The number of nitrogens with zero attached hydrogens (tertiary/aromatic N) is 1. The van der Waals surface area contributed by atoms with Gasteiger partial charge in [-0.05, 0) is 34.5 Å². The highest BCUT2D eigenvalue weighted by Crippen LogP contribution is 2.22. The largest absolute Gasteiger partial charge is 0.381 e. The number of aromatic nitrogens is 1. The van der Waals surface area contributed by atoms with Gasteiger partial charge >= 0.3 is 0 Å². The van der Waals surface area contributed by atoms with Crippen molar-refractivity contribution in [1.29, 1.82) is 0 Å². The van der Waals surface area contributed by atoms with E-state index >= 15 is 0 Å². The zero-order valence-corrected chi connectivity index (χ0v) is 9.78. The number of amides is 1. The average Bonchev–Trinajstić information content (AvgIpc) is 2.19. The molecule has 1 unspecified atom stereocenters. The Bertz CT molecular complexity index is 370. The zero-order chi connectivity index (χ0) is 11.4. The van der Waals surface area contributed by atoms with Crippen molar-refractivity contribution in [3.8, 4) is 0 Å². The second kappa shape index (κ2) is 5.09. The Kier molecular flexibility index (Phi) is 4.05. The lowest BCUT2D eigenvalue weighted by Gasteiger charge is -2.11. The van der Waals surface area contributed by atoms with E-state index in [1.165, 1.54) is 0 Å². The van der Waals surface area contributed by atoms with Crippen LogP contribution in [-0.2, 0) is 4.79 Å². The smallest absolute Gasteiger partial charge is 0.248 e. The molecule has 0 saturated heterocycles. The van der Waals surface area contributed by atoms with Crippen molar-refractivity contribution >= 4 is 27.7 Å². The number of aliphatic hydroxyl groups excluding tert-OH is 1. The quantitative estimate of drug-likeness (QED) is 0.742. The number of carbonyl (C=O) groups is 1. The van der Waals surface area contributed by atoms with Crippen molar-refractivity contribution in [3.63, 3.8) is 0 Å². The number of halogens is 1. The van der Waals surface area contributed by atoms with E-state index in [0.29, 0.717) is 5.82 Å². The molecule has 0 bridgehead atoms. The first-order chi connectivity index (χ1) is 7.02. The Labute approximate surface area is 95.8 Å². The van der Waals surface area contributed by atoms with Crippen LogP contribution in [0.2, 0.25) is 0 Å². The molecule has 0 aliphatic carbocycles. The van der Waals surface area contributed by atoms with Gasteiger partial charge in [0, 0.05) is 6.20 Å². The Balaban J connectivity index is 2.66. The molecule has 1 amide bonds. The van der Waals surface area contributed by atoms with Crippen molar-refractivity contribution in [2.24, 2.45) is 5.73 Å². The van der Waals surface area contributed by atoms with Crippen molar-refractivity contribution in [2.75, 3.05) is 11.9 Å². The number of aryl methyl sites for hydroxylation is 1. The highest BCUT2D eigenvalue weighted by atomic mass is 79.9. The third-order valence-corrected chi connectivity index (χ3v) is 2.87. The van der Waals surface area contributed by atoms with E-state index in [1.807, 2.05) is 13.0 Å². The molecule has 1 aromatic rings. The molecule has 0 aliphatic heterocycles. The number of rotatable bonds is 4. The second-order valence-electron chi connectivity index (χ2n) is 3.09. The number of primary amides is 1. The molecule has 82 valence electrons. The molecule has 0 saturated carbocycles. The van der Waals surface area contributed by atoms with Crippen molar-refractivity contribution < 1.29 is 9.90 Å². The summed E-state index contributed by atoms with van der Waals surface area (Å²) < 4.78 is 0.807. The maximum atomic E-state index is 10.6. The number of anilines is 1. The van der Waals surface area contributed by atoms with Crippen LogP contribution in [0, 0.1) is 6.92 Å². The summed E-state index contributed by atoms with van der Waals surface area (Å²) in [4.78, 5) is 14.6. The second-order valence-corrected chi connectivity index (χ2v) is 3.88. The number of aliphatic hydroxyl groups is 1. The van der Waals surface area contributed by atoms with E-state index in [2.05, 4.69) is 26.2 Å². The molecule has 6 heteroatoms. The van der Waals surface area contributed by atoms with Crippen LogP contribution in [0.25, 0.3) is 0 Å². The molecule has 0 spiro atoms. The van der Waals surface area contributed by atoms with Crippen molar-refractivity contribution in [2.45, 2.75) is 13.0 Å². The predicted octanol–water partition coefficient (Wildman–Crippen LogP) is 0.411. The average molecular weight is 274 g/mol. The summed E-state index contributed by atoms with van der Waals surface area (Å²) in [5.74, 6) is -0.179. The molecule has 0 aliphatic rings. The van der Waals surface area contributed by atoms with Crippen LogP contribution in [0.4, 0.5) is 5.82 Å². The van der Waals surface area contributed by atoms with Crippen LogP contribution in [0.5, 0.6) is 0 Å². The molecule has 1 rings (SSSR count). The van der Waals surface area contributed by atoms with Gasteiger partial charge < -0.3 is 16.2 Å². The summed E-state index contributed by atoms with van der Waals surface area (Å²) in [5, 5.41) is 12.0. The van der Waals surface area contributed by atoms with Crippen LogP contribution in [0.3, 0.4) is 0 Å². The van der Waals surface area contributed by atoms with E-state index in [1.54, 1.807) is 6.20 Å². The minimum Gasteiger partial charge on any atom is -0.381 e. The van der Waals surface area contributed by atoms with Crippen molar-refractivity contribution in [3.05, 3.63) is 22.3 Å². The van der Waals surface area contributed by atoms with Crippen LogP contribution < -0.4 is 11.1 Å². The minimum absolute atomic E-state index is 0.0460. The molecule has 1 atom stereocenters. The van der Waals surface area contributed by atoms with E-state index in [9.17, 15) is 4.79 Å². The lowest BCUT2D eigenvalue weighted by atomic mass is 10.3. The molecule has 0 radical (unpaired) electrons. The third-order valence-electron chi connectivity index (χ3n) is 1.87. The predicted molar refractivity (Wildman–Crippen MR) is 60.4 cm³/mol. The summed E-state index contributed by atoms with van der Waals surface area (Å²) in [6.45, 7) is 1.96. The number of nitrogens with two attached hydrogens (primary N) is 1. The summed E-state index contributed by atoms with van der Waals surface area (Å²) in [6.07, 6.45) is 0.429.